The van der Waals surface area contributed by atoms with Crippen molar-refractivity contribution >= 4 is 21.8 Å². The zero-order valence-electron chi connectivity index (χ0n) is 13.8. The predicted octanol–water partition coefficient (Wildman–Crippen LogP) is 1.44. The molecule has 8 heteroatoms. The Labute approximate surface area is 154 Å². The van der Waals surface area contributed by atoms with Crippen LogP contribution in [0.3, 0.4) is 0 Å². The maximum Gasteiger partial charge on any atom is 0.271 e. The first-order valence-electron chi connectivity index (χ1n) is 8.00. The topological polar surface area (TPSA) is 99.2 Å². The molecule has 0 bridgehead atoms. The van der Waals surface area contributed by atoms with Crippen LogP contribution in [0.1, 0.15) is 18.4 Å². The zero-order valence-corrected chi connectivity index (χ0v) is 15.4. The molecule has 0 fully saturated rings. The lowest BCUT2D eigenvalue weighted by molar-refractivity contribution is -0.121. The summed E-state index contributed by atoms with van der Waals surface area (Å²) in [4.78, 5) is 28.2. The van der Waals surface area contributed by atoms with Crippen LogP contribution in [-0.4, -0.2) is 28.5 Å². The normalized spacial score (nSPS) is 10.5. The molecule has 2 aromatic rings. The maximum atomic E-state index is 12.3. The van der Waals surface area contributed by atoms with E-state index < -0.39 is 0 Å². The number of amides is 1. The van der Waals surface area contributed by atoms with Gasteiger partial charge in [0.25, 0.3) is 5.56 Å². The number of aromatic nitrogens is 2. The van der Waals surface area contributed by atoms with E-state index in [1.54, 1.807) is 0 Å². The lowest BCUT2D eigenvalue weighted by atomic mass is 10.2. The van der Waals surface area contributed by atoms with E-state index in [1.807, 2.05) is 30.3 Å². The van der Waals surface area contributed by atoms with Crippen LogP contribution in [0.25, 0.3) is 0 Å². The number of hydrogen-bond acceptors (Lipinski definition) is 5. The fourth-order valence-electron chi connectivity index (χ4n) is 2.07. The van der Waals surface area contributed by atoms with E-state index in [1.165, 1.54) is 10.9 Å². The molecule has 0 unspecified atom stereocenters. The molecule has 1 heterocycles. The van der Waals surface area contributed by atoms with Crippen LogP contribution in [0, 0.1) is 0 Å². The SMILES string of the molecule is NCCCNC(=O)CCn1cnc(OCc2ccccc2)c(Br)c1=O. The number of carbonyl (C=O) groups excluding carboxylic acids is 1. The van der Waals surface area contributed by atoms with Crippen LogP contribution in [0.2, 0.25) is 0 Å². The Kier molecular flexibility index (Phi) is 7.62. The second-order valence-corrected chi connectivity index (χ2v) is 6.17. The van der Waals surface area contributed by atoms with Gasteiger partial charge in [0.1, 0.15) is 17.4 Å². The quantitative estimate of drug-likeness (QED) is 0.611. The predicted molar refractivity (Wildman–Crippen MR) is 98.3 cm³/mol. The van der Waals surface area contributed by atoms with E-state index in [0.29, 0.717) is 19.7 Å². The molecule has 0 saturated heterocycles. The minimum Gasteiger partial charge on any atom is -0.472 e. The highest BCUT2D eigenvalue weighted by Crippen LogP contribution is 2.18. The summed E-state index contributed by atoms with van der Waals surface area (Å²) in [6.07, 6.45) is 2.32. The van der Waals surface area contributed by atoms with Crippen molar-refractivity contribution in [3.63, 3.8) is 0 Å². The molecule has 0 aliphatic carbocycles. The summed E-state index contributed by atoms with van der Waals surface area (Å²) in [5.41, 5.74) is 6.07. The van der Waals surface area contributed by atoms with Crippen LogP contribution in [-0.2, 0) is 17.9 Å². The zero-order chi connectivity index (χ0) is 18.1. The molecule has 7 nitrogen and oxygen atoms in total. The highest BCUT2D eigenvalue weighted by atomic mass is 79.9. The first-order chi connectivity index (χ1) is 12.1. The lowest BCUT2D eigenvalue weighted by Gasteiger charge is -2.10. The minimum atomic E-state index is -0.284. The molecule has 0 radical (unpaired) electrons. The molecule has 0 aliphatic heterocycles. The van der Waals surface area contributed by atoms with Gasteiger partial charge in [-0.05, 0) is 34.5 Å². The summed E-state index contributed by atoms with van der Waals surface area (Å²) in [5, 5.41) is 2.75. The highest BCUT2D eigenvalue weighted by molar-refractivity contribution is 9.10. The molecule has 25 heavy (non-hydrogen) atoms. The molecule has 1 amide bonds. The number of nitrogens with zero attached hydrogens (tertiary/aromatic N) is 2. The van der Waals surface area contributed by atoms with E-state index in [0.717, 1.165) is 12.0 Å². The minimum absolute atomic E-state index is 0.124. The summed E-state index contributed by atoms with van der Waals surface area (Å²) in [6, 6.07) is 9.61. The van der Waals surface area contributed by atoms with Gasteiger partial charge < -0.3 is 15.8 Å². The first kappa shape index (κ1) is 19.1. The lowest BCUT2D eigenvalue weighted by Crippen LogP contribution is -2.29. The van der Waals surface area contributed by atoms with E-state index in [2.05, 4.69) is 26.2 Å². The summed E-state index contributed by atoms with van der Waals surface area (Å²) < 4.78 is 7.21. The number of rotatable bonds is 9. The van der Waals surface area contributed by atoms with Gasteiger partial charge in [-0.15, -0.1) is 0 Å². The summed E-state index contributed by atoms with van der Waals surface area (Å²) >= 11 is 3.23. The van der Waals surface area contributed by atoms with Gasteiger partial charge in [0.2, 0.25) is 11.8 Å². The number of carbonyl (C=O) groups is 1. The molecule has 3 N–H and O–H groups in total. The molecule has 1 aromatic heterocycles. The van der Waals surface area contributed by atoms with E-state index >= 15 is 0 Å². The van der Waals surface area contributed by atoms with Gasteiger partial charge in [0.15, 0.2) is 0 Å². The third-order valence-electron chi connectivity index (χ3n) is 3.45. The van der Waals surface area contributed by atoms with Crippen molar-refractivity contribution < 1.29 is 9.53 Å². The number of hydrogen-bond donors (Lipinski definition) is 2. The molecular formula is C17H21BrN4O3. The van der Waals surface area contributed by atoms with Crippen LogP contribution in [0.5, 0.6) is 5.88 Å². The Morgan fingerprint density at radius 1 is 1.32 bits per heavy atom. The molecular weight excluding hydrogens is 388 g/mol. The van der Waals surface area contributed by atoms with E-state index in [4.69, 9.17) is 10.5 Å². The number of ether oxygens (including phenoxy) is 1. The Balaban J connectivity index is 1.93. The Morgan fingerprint density at radius 2 is 2.08 bits per heavy atom. The van der Waals surface area contributed by atoms with Crippen LogP contribution in [0.4, 0.5) is 0 Å². The van der Waals surface area contributed by atoms with Gasteiger partial charge in [-0.25, -0.2) is 4.98 Å². The van der Waals surface area contributed by atoms with Gasteiger partial charge >= 0.3 is 0 Å². The van der Waals surface area contributed by atoms with Gasteiger partial charge in [-0.3, -0.25) is 14.2 Å². The van der Waals surface area contributed by atoms with Crippen molar-refractivity contribution in [2.45, 2.75) is 26.0 Å². The smallest absolute Gasteiger partial charge is 0.271 e. The van der Waals surface area contributed by atoms with E-state index in [9.17, 15) is 9.59 Å². The average Bonchev–Trinajstić information content (AvgIpc) is 2.63. The van der Waals surface area contributed by atoms with Crippen molar-refractivity contribution in [1.29, 1.82) is 0 Å². The number of nitrogens with two attached hydrogens (primary N) is 1. The van der Waals surface area contributed by atoms with Gasteiger partial charge in [0.05, 0.1) is 0 Å². The molecule has 0 atom stereocenters. The molecule has 1 aromatic carbocycles. The fraction of sp³-hybridized carbons (Fsp3) is 0.353. The number of benzene rings is 1. The Hall–Kier alpha value is -2.19. The first-order valence-corrected chi connectivity index (χ1v) is 8.79. The summed E-state index contributed by atoms with van der Waals surface area (Å²) in [7, 11) is 0. The number of nitrogens with one attached hydrogen (secondary N) is 1. The third-order valence-corrected chi connectivity index (χ3v) is 4.13. The monoisotopic (exact) mass is 408 g/mol. The third kappa shape index (κ3) is 5.99. The van der Waals surface area contributed by atoms with E-state index in [-0.39, 0.29) is 34.8 Å². The molecule has 2 rings (SSSR count). The van der Waals surface area contributed by atoms with Crippen molar-refractivity contribution in [2.24, 2.45) is 5.73 Å². The maximum absolute atomic E-state index is 12.3. The standard InChI is InChI=1S/C17H21BrN4O3/c18-15-16(25-11-13-5-2-1-3-6-13)21-12-22(17(15)24)10-7-14(23)20-9-4-8-19/h1-3,5-6,12H,4,7-11,19H2,(H,20,23). The van der Waals surface area contributed by atoms with Crippen molar-refractivity contribution in [3.8, 4) is 5.88 Å². The van der Waals surface area contributed by atoms with Crippen molar-refractivity contribution in [3.05, 3.63) is 57.0 Å². The summed E-state index contributed by atoms with van der Waals surface area (Å²) in [6.45, 7) is 1.64. The number of aryl methyl sites for hydroxylation is 1. The highest BCUT2D eigenvalue weighted by Gasteiger charge is 2.11. The second-order valence-electron chi connectivity index (χ2n) is 5.38. The fourth-order valence-corrected chi connectivity index (χ4v) is 2.52. The Bertz CT molecular complexity index is 749. The Morgan fingerprint density at radius 3 is 2.80 bits per heavy atom. The second kappa shape index (κ2) is 9.95. The largest absolute Gasteiger partial charge is 0.472 e. The summed E-state index contributed by atoms with van der Waals surface area (Å²) in [5.74, 6) is 0.110. The molecule has 0 spiro atoms. The molecule has 0 saturated carbocycles. The van der Waals surface area contributed by atoms with Gasteiger partial charge in [0, 0.05) is 19.5 Å². The van der Waals surface area contributed by atoms with Crippen molar-refractivity contribution in [1.82, 2.24) is 14.9 Å². The van der Waals surface area contributed by atoms with Gasteiger partial charge in [-0.1, -0.05) is 30.3 Å². The van der Waals surface area contributed by atoms with Crippen LogP contribution in [0.15, 0.2) is 45.9 Å². The van der Waals surface area contributed by atoms with Crippen LogP contribution < -0.4 is 21.3 Å². The number of halogens is 1. The van der Waals surface area contributed by atoms with Crippen LogP contribution >= 0.6 is 15.9 Å². The average molecular weight is 409 g/mol. The molecule has 134 valence electrons. The molecule has 0 aliphatic rings. The van der Waals surface area contributed by atoms with Crippen molar-refractivity contribution in [2.75, 3.05) is 13.1 Å². The van der Waals surface area contributed by atoms with Gasteiger partial charge in [-0.2, -0.15) is 0 Å².